The SMILES string of the molecule is CC1(c2cc(Cl)nc(-c3cc(Cl)c(F)cc3F)c2F)CC1. The second kappa shape index (κ2) is 4.89. The van der Waals surface area contributed by atoms with Gasteiger partial charge in [-0.1, -0.05) is 30.1 Å². The number of rotatable bonds is 2. The van der Waals surface area contributed by atoms with Crippen LogP contribution in [-0.4, -0.2) is 4.98 Å². The van der Waals surface area contributed by atoms with E-state index in [1.807, 2.05) is 6.92 Å². The van der Waals surface area contributed by atoms with Crippen LogP contribution in [0.25, 0.3) is 11.3 Å². The highest BCUT2D eigenvalue weighted by molar-refractivity contribution is 6.31. The first-order valence-corrected chi connectivity index (χ1v) is 7.09. The molecule has 0 saturated heterocycles. The molecule has 1 aromatic heterocycles. The molecule has 1 fully saturated rings. The summed E-state index contributed by atoms with van der Waals surface area (Å²) in [6.45, 7) is 1.90. The Hall–Kier alpha value is -1.26. The molecular weight excluding hydrogens is 322 g/mol. The number of aromatic nitrogens is 1. The molecule has 2 aromatic rings. The minimum atomic E-state index is -0.933. The zero-order valence-electron chi connectivity index (χ0n) is 11.0. The van der Waals surface area contributed by atoms with Crippen LogP contribution in [0, 0.1) is 17.5 Å². The van der Waals surface area contributed by atoms with Gasteiger partial charge in [0.05, 0.1) is 5.02 Å². The monoisotopic (exact) mass is 331 g/mol. The highest BCUT2D eigenvalue weighted by Crippen LogP contribution is 2.50. The maximum atomic E-state index is 14.7. The third-order valence-corrected chi connectivity index (χ3v) is 4.33. The average Bonchev–Trinajstić information content (AvgIpc) is 3.15. The molecule has 0 N–H and O–H groups in total. The Morgan fingerprint density at radius 1 is 1.05 bits per heavy atom. The highest BCUT2D eigenvalue weighted by Gasteiger charge is 2.42. The summed E-state index contributed by atoms with van der Waals surface area (Å²) in [5.74, 6) is -2.48. The van der Waals surface area contributed by atoms with E-state index in [0.717, 1.165) is 18.9 Å². The first-order valence-electron chi connectivity index (χ1n) is 6.33. The van der Waals surface area contributed by atoms with Crippen LogP contribution in [0.4, 0.5) is 13.2 Å². The average molecular weight is 332 g/mol. The molecule has 0 atom stereocenters. The quantitative estimate of drug-likeness (QED) is 0.521. The third-order valence-electron chi connectivity index (χ3n) is 3.84. The summed E-state index contributed by atoms with van der Waals surface area (Å²) >= 11 is 11.6. The summed E-state index contributed by atoms with van der Waals surface area (Å²) in [5, 5.41) is -0.235. The second-order valence-electron chi connectivity index (χ2n) is 5.46. The molecule has 6 heteroatoms. The zero-order valence-corrected chi connectivity index (χ0v) is 12.5. The van der Waals surface area contributed by atoms with Crippen molar-refractivity contribution in [2.45, 2.75) is 25.2 Å². The molecule has 0 bridgehead atoms. The molecule has 21 heavy (non-hydrogen) atoms. The van der Waals surface area contributed by atoms with Gasteiger partial charge in [0.1, 0.15) is 22.5 Å². The maximum Gasteiger partial charge on any atom is 0.153 e. The first kappa shape index (κ1) is 14.7. The Labute approximate surface area is 129 Å². The number of halogens is 5. The van der Waals surface area contributed by atoms with E-state index in [1.165, 1.54) is 6.07 Å². The minimum Gasteiger partial charge on any atom is -0.233 e. The van der Waals surface area contributed by atoms with E-state index in [9.17, 15) is 13.2 Å². The van der Waals surface area contributed by atoms with Gasteiger partial charge in [0.2, 0.25) is 0 Å². The van der Waals surface area contributed by atoms with Gasteiger partial charge in [-0.2, -0.15) is 0 Å². The Kier molecular flexibility index (Phi) is 3.41. The van der Waals surface area contributed by atoms with Crippen molar-refractivity contribution >= 4 is 23.2 Å². The number of benzene rings is 1. The van der Waals surface area contributed by atoms with Crippen molar-refractivity contribution in [3.05, 3.63) is 51.4 Å². The second-order valence-corrected chi connectivity index (χ2v) is 6.26. The summed E-state index contributed by atoms with van der Waals surface area (Å²) in [7, 11) is 0. The van der Waals surface area contributed by atoms with Gasteiger partial charge in [0.25, 0.3) is 0 Å². The van der Waals surface area contributed by atoms with Crippen LogP contribution in [0.1, 0.15) is 25.3 Å². The summed E-state index contributed by atoms with van der Waals surface area (Å²) in [6, 6.07) is 3.08. The molecule has 1 heterocycles. The van der Waals surface area contributed by atoms with Crippen molar-refractivity contribution in [2.75, 3.05) is 0 Å². The summed E-state index contributed by atoms with van der Waals surface area (Å²) < 4.78 is 41.8. The lowest BCUT2D eigenvalue weighted by Gasteiger charge is -2.14. The Morgan fingerprint density at radius 3 is 2.33 bits per heavy atom. The van der Waals surface area contributed by atoms with Gasteiger partial charge in [0, 0.05) is 11.6 Å². The van der Waals surface area contributed by atoms with Crippen LogP contribution >= 0.6 is 23.2 Å². The van der Waals surface area contributed by atoms with E-state index in [-0.39, 0.29) is 26.8 Å². The third kappa shape index (κ3) is 2.51. The van der Waals surface area contributed by atoms with Crippen LogP contribution in [-0.2, 0) is 5.41 Å². The largest absolute Gasteiger partial charge is 0.233 e. The fourth-order valence-electron chi connectivity index (χ4n) is 2.28. The normalized spacial score (nSPS) is 16.1. The number of pyridine rings is 1. The van der Waals surface area contributed by atoms with Crippen LogP contribution in [0.5, 0.6) is 0 Å². The van der Waals surface area contributed by atoms with E-state index < -0.39 is 17.5 Å². The molecule has 0 unspecified atom stereocenters. The van der Waals surface area contributed by atoms with Gasteiger partial charge in [-0.05, 0) is 36.0 Å². The van der Waals surface area contributed by atoms with Crippen molar-refractivity contribution < 1.29 is 13.2 Å². The van der Waals surface area contributed by atoms with Crippen molar-refractivity contribution in [1.82, 2.24) is 4.98 Å². The van der Waals surface area contributed by atoms with Gasteiger partial charge >= 0.3 is 0 Å². The smallest absolute Gasteiger partial charge is 0.153 e. The van der Waals surface area contributed by atoms with E-state index >= 15 is 0 Å². The van der Waals surface area contributed by atoms with Crippen LogP contribution in [0.3, 0.4) is 0 Å². The molecule has 3 rings (SSSR count). The molecule has 0 amide bonds. The summed E-state index contributed by atoms with van der Waals surface area (Å²) in [6.07, 6.45) is 1.66. The van der Waals surface area contributed by atoms with E-state index in [4.69, 9.17) is 23.2 Å². The molecular formula is C15H10Cl2F3N. The molecule has 0 radical (unpaired) electrons. The van der Waals surface area contributed by atoms with Gasteiger partial charge in [-0.3, -0.25) is 0 Å². The van der Waals surface area contributed by atoms with Gasteiger partial charge < -0.3 is 0 Å². The molecule has 1 saturated carbocycles. The summed E-state index contributed by atoms with van der Waals surface area (Å²) in [5.41, 5.74) is -0.347. The van der Waals surface area contributed by atoms with E-state index in [2.05, 4.69) is 4.98 Å². The lowest BCUT2D eigenvalue weighted by Crippen LogP contribution is -2.07. The van der Waals surface area contributed by atoms with Crippen molar-refractivity contribution in [2.24, 2.45) is 0 Å². The van der Waals surface area contributed by atoms with Crippen molar-refractivity contribution in [3.8, 4) is 11.3 Å². The molecule has 1 aliphatic carbocycles. The molecule has 1 aromatic carbocycles. The minimum absolute atomic E-state index is 0.0642. The number of hydrogen-bond donors (Lipinski definition) is 0. The van der Waals surface area contributed by atoms with Crippen LogP contribution < -0.4 is 0 Å². The van der Waals surface area contributed by atoms with Gasteiger partial charge in [0.15, 0.2) is 5.82 Å². The maximum absolute atomic E-state index is 14.7. The topological polar surface area (TPSA) is 12.9 Å². The Balaban J connectivity index is 2.24. The van der Waals surface area contributed by atoms with Crippen molar-refractivity contribution in [1.29, 1.82) is 0 Å². The van der Waals surface area contributed by atoms with Crippen molar-refractivity contribution in [3.63, 3.8) is 0 Å². The predicted octanol–water partition coefficient (Wildman–Crippen LogP) is 5.52. The first-order chi connectivity index (χ1) is 9.82. The van der Waals surface area contributed by atoms with Crippen LogP contribution in [0.15, 0.2) is 18.2 Å². The zero-order chi connectivity index (χ0) is 15.4. The van der Waals surface area contributed by atoms with Gasteiger partial charge in [-0.25, -0.2) is 18.2 Å². The van der Waals surface area contributed by atoms with E-state index in [1.54, 1.807) is 0 Å². The van der Waals surface area contributed by atoms with Crippen LogP contribution in [0.2, 0.25) is 10.2 Å². The number of hydrogen-bond acceptors (Lipinski definition) is 1. The molecule has 110 valence electrons. The fourth-order valence-corrected chi connectivity index (χ4v) is 2.63. The molecule has 1 aliphatic rings. The predicted molar refractivity (Wildman–Crippen MR) is 76.2 cm³/mol. The lowest BCUT2D eigenvalue weighted by molar-refractivity contribution is 0.572. The highest BCUT2D eigenvalue weighted by atomic mass is 35.5. The lowest BCUT2D eigenvalue weighted by atomic mass is 9.96. The summed E-state index contributed by atoms with van der Waals surface area (Å²) in [4.78, 5) is 3.85. The molecule has 0 spiro atoms. The van der Waals surface area contributed by atoms with E-state index in [0.29, 0.717) is 11.6 Å². The Morgan fingerprint density at radius 2 is 1.71 bits per heavy atom. The Bertz CT molecular complexity index is 742. The number of nitrogens with zero attached hydrogens (tertiary/aromatic N) is 1. The molecule has 0 aliphatic heterocycles. The fraction of sp³-hybridized carbons (Fsp3) is 0.267. The standard InChI is InChI=1S/C15H10Cl2F3N/c1-15(2-3-15)8-5-12(17)21-14(13(8)20)7-4-9(16)11(19)6-10(7)18/h4-6H,2-3H2,1H3. The molecule has 1 nitrogen and oxygen atoms in total. The van der Waals surface area contributed by atoms with Gasteiger partial charge in [-0.15, -0.1) is 0 Å².